The van der Waals surface area contributed by atoms with Crippen molar-refractivity contribution in [1.82, 2.24) is 10.2 Å². The molecule has 42 heavy (non-hydrogen) atoms. The third-order valence-corrected chi connectivity index (χ3v) is 8.60. The Morgan fingerprint density at radius 3 is 2.33 bits per heavy atom. The van der Waals surface area contributed by atoms with Gasteiger partial charge in [-0.1, -0.05) is 67.4 Å². The number of rotatable bonds is 9. The van der Waals surface area contributed by atoms with Crippen molar-refractivity contribution < 1.29 is 24.5 Å². The maximum absolute atomic E-state index is 13.5. The highest BCUT2D eigenvalue weighted by atomic mass is 16.5. The topological polar surface area (TPSA) is 102 Å². The molecule has 1 aliphatic heterocycles. The Kier molecular flexibility index (Phi) is 9.77. The Bertz CT molecular complexity index is 1320. The predicted octanol–water partition coefficient (Wildman–Crippen LogP) is 5.01. The normalized spacial score (nSPS) is 21.0. The Morgan fingerprint density at radius 2 is 1.69 bits per heavy atom. The van der Waals surface area contributed by atoms with Crippen molar-refractivity contribution in [1.29, 1.82) is 0 Å². The molecule has 1 saturated heterocycles. The van der Waals surface area contributed by atoms with Crippen LogP contribution in [-0.4, -0.2) is 60.0 Å². The minimum Gasteiger partial charge on any atom is -0.497 e. The van der Waals surface area contributed by atoms with Crippen LogP contribution in [0.4, 0.5) is 10.5 Å². The molecule has 3 N–H and O–H groups in total. The highest BCUT2D eigenvalue weighted by Crippen LogP contribution is 2.38. The lowest BCUT2D eigenvalue weighted by molar-refractivity contribution is -0.127. The fourth-order valence-electron chi connectivity index (χ4n) is 6.21. The zero-order valence-electron chi connectivity index (χ0n) is 24.2. The number of carbonyl (C=O) groups excluding carboxylic acids is 2. The zero-order chi connectivity index (χ0) is 29.5. The first-order valence-electron chi connectivity index (χ1n) is 14.9. The largest absolute Gasteiger partial charge is 0.497 e. The summed E-state index contributed by atoms with van der Waals surface area (Å²) in [5.41, 5.74) is 3.74. The average molecular weight is 572 g/mol. The van der Waals surface area contributed by atoms with E-state index in [4.69, 9.17) is 4.74 Å². The Morgan fingerprint density at radius 1 is 0.976 bits per heavy atom. The smallest absolute Gasteiger partial charge is 0.324 e. The highest BCUT2D eigenvalue weighted by Gasteiger charge is 2.33. The van der Waals surface area contributed by atoms with Gasteiger partial charge in [-0.05, 0) is 66.1 Å². The maximum atomic E-state index is 13.5. The first-order valence-corrected chi connectivity index (χ1v) is 14.9. The molecule has 8 heteroatoms. The summed E-state index contributed by atoms with van der Waals surface area (Å²) in [6, 6.07) is 24.7. The van der Waals surface area contributed by atoms with Crippen molar-refractivity contribution in [3.05, 3.63) is 95.6 Å². The van der Waals surface area contributed by atoms with Crippen LogP contribution in [0.5, 0.6) is 5.75 Å². The van der Waals surface area contributed by atoms with E-state index in [9.17, 15) is 19.8 Å². The van der Waals surface area contributed by atoms with Gasteiger partial charge in [0.2, 0.25) is 5.91 Å². The lowest BCUT2D eigenvalue weighted by atomic mass is 9.74. The number of nitrogens with one attached hydrogen (secondary N) is 1. The first-order chi connectivity index (χ1) is 20.5. The third kappa shape index (κ3) is 6.94. The van der Waals surface area contributed by atoms with Gasteiger partial charge < -0.3 is 25.2 Å². The van der Waals surface area contributed by atoms with Crippen molar-refractivity contribution in [2.24, 2.45) is 5.92 Å². The van der Waals surface area contributed by atoms with Crippen LogP contribution in [0.25, 0.3) is 0 Å². The zero-order valence-corrected chi connectivity index (χ0v) is 24.2. The van der Waals surface area contributed by atoms with E-state index in [1.54, 1.807) is 16.9 Å². The summed E-state index contributed by atoms with van der Waals surface area (Å²) in [5, 5.41) is 23.1. The van der Waals surface area contributed by atoms with Gasteiger partial charge in [-0.25, -0.2) is 4.79 Å². The van der Waals surface area contributed by atoms with Crippen LogP contribution in [0.15, 0.2) is 78.9 Å². The molecule has 1 heterocycles. The molecule has 2 aliphatic rings. The number of benzene rings is 3. The molecule has 222 valence electrons. The van der Waals surface area contributed by atoms with Crippen LogP contribution in [0.3, 0.4) is 0 Å². The Labute approximate surface area is 247 Å². The summed E-state index contributed by atoms with van der Waals surface area (Å²) in [4.78, 5) is 30.4. The van der Waals surface area contributed by atoms with Gasteiger partial charge in [0.1, 0.15) is 5.75 Å². The van der Waals surface area contributed by atoms with Crippen LogP contribution in [0.2, 0.25) is 0 Å². The van der Waals surface area contributed by atoms with Gasteiger partial charge >= 0.3 is 6.03 Å². The molecular formula is C34H41N3O5. The summed E-state index contributed by atoms with van der Waals surface area (Å²) in [5.74, 6) is 0.623. The molecule has 8 nitrogen and oxygen atoms in total. The lowest BCUT2D eigenvalue weighted by Crippen LogP contribution is -2.42. The fraction of sp³-hybridized carbons (Fsp3) is 0.412. The number of carbonyl (C=O) groups is 2. The minimum absolute atomic E-state index is 0.0178. The molecule has 0 bridgehead atoms. The number of aliphatic hydroxyl groups is 2. The second kappa shape index (κ2) is 13.9. The molecular weight excluding hydrogens is 530 g/mol. The van der Waals surface area contributed by atoms with Crippen LogP contribution in [0.1, 0.15) is 60.8 Å². The monoisotopic (exact) mass is 571 g/mol. The molecule has 1 aliphatic carbocycles. The maximum Gasteiger partial charge on any atom is 0.324 e. The summed E-state index contributed by atoms with van der Waals surface area (Å²) in [7, 11) is 1.61. The van der Waals surface area contributed by atoms with Gasteiger partial charge in [-0.3, -0.25) is 9.69 Å². The van der Waals surface area contributed by atoms with E-state index in [0.717, 1.165) is 48.1 Å². The second-order valence-electron chi connectivity index (χ2n) is 11.3. The highest BCUT2D eigenvalue weighted by molar-refractivity contribution is 5.92. The van der Waals surface area contributed by atoms with Crippen molar-refractivity contribution in [2.75, 3.05) is 31.7 Å². The van der Waals surface area contributed by atoms with Crippen LogP contribution >= 0.6 is 0 Å². The summed E-state index contributed by atoms with van der Waals surface area (Å²) < 4.78 is 5.30. The lowest BCUT2D eigenvalue weighted by Gasteiger charge is -2.32. The van der Waals surface area contributed by atoms with Crippen LogP contribution in [-0.2, 0) is 11.3 Å². The fourth-order valence-corrected chi connectivity index (χ4v) is 6.21. The molecule has 0 radical (unpaired) electrons. The van der Waals surface area contributed by atoms with E-state index in [-0.39, 0.29) is 30.4 Å². The van der Waals surface area contributed by atoms with Crippen molar-refractivity contribution in [3.63, 3.8) is 0 Å². The number of nitrogens with zero attached hydrogens (tertiary/aromatic N) is 2. The summed E-state index contributed by atoms with van der Waals surface area (Å²) in [6.07, 6.45) is 3.91. The standard InChI is InChI=1S/C34H41N3O5/c1-42-29-17-15-27(16-18-29)37(34(41)36-20-19-28(39)22-36)21-24-11-13-25(14-12-24)30-9-5-6-10-31(30)33(40)35-32(23-38)26-7-3-2-4-8-26/h2-4,7-8,11-18,28,30-32,38-39H,5-6,9-10,19-23H2,1H3,(H,35,40)/t28?,30-,31?,32?/m0/s1. The number of urea groups is 1. The van der Waals surface area contributed by atoms with Gasteiger partial charge in [0, 0.05) is 24.7 Å². The number of ether oxygens (including phenoxy) is 1. The molecule has 3 unspecified atom stereocenters. The predicted molar refractivity (Wildman–Crippen MR) is 162 cm³/mol. The molecule has 5 rings (SSSR count). The van der Waals surface area contributed by atoms with Gasteiger partial charge in [0.15, 0.2) is 0 Å². The minimum atomic E-state index is -0.494. The Hall–Kier alpha value is -3.88. The number of β-amino-alcohol motifs (C(OH)–C–C–N with tert-alkyl or cyclic N) is 1. The summed E-state index contributed by atoms with van der Waals surface area (Å²) in [6.45, 7) is 1.08. The number of aliphatic hydroxyl groups excluding tert-OH is 2. The number of hydrogen-bond donors (Lipinski definition) is 3. The average Bonchev–Trinajstić information content (AvgIpc) is 3.49. The quantitative estimate of drug-likeness (QED) is 0.335. The first kappa shape index (κ1) is 29.6. The number of likely N-dealkylation sites (tertiary alicyclic amines) is 1. The second-order valence-corrected chi connectivity index (χ2v) is 11.3. The van der Waals surface area contributed by atoms with E-state index in [1.807, 2.05) is 66.7 Å². The molecule has 2 fully saturated rings. The molecule has 0 spiro atoms. The summed E-state index contributed by atoms with van der Waals surface area (Å²) >= 11 is 0. The van der Waals surface area contributed by atoms with Crippen LogP contribution < -0.4 is 15.0 Å². The van der Waals surface area contributed by atoms with Gasteiger partial charge in [-0.15, -0.1) is 0 Å². The van der Waals surface area contributed by atoms with E-state index in [0.29, 0.717) is 31.8 Å². The van der Waals surface area contributed by atoms with Crippen LogP contribution in [0, 0.1) is 5.92 Å². The molecule has 0 aromatic heterocycles. The van der Waals surface area contributed by atoms with Gasteiger partial charge in [0.25, 0.3) is 0 Å². The number of methoxy groups -OCH3 is 1. The van der Waals surface area contributed by atoms with E-state index in [2.05, 4.69) is 17.4 Å². The van der Waals surface area contributed by atoms with Gasteiger partial charge in [0.05, 0.1) is 32.4 Å². The molecule has 3 aromatic rings. The van der Waals surface area contributed by atoms with E-state index >= 15 is 0 Å². The third-order valence-electron chi connectivity index (χ3n) is 8.60. The van der Waals surface area contributed by atoms with Gasteiger partial charge in [-0.2, -0.15) is 0 Å². The molecule has 4 atom stereocenters. The number of anilines is 1. The van der Waals surface area contributed by atoms with E-state index < -0.39 is 12.1 Å². The Balaban J connectivity index is 1.31. The van der Waals surface area contributed by atoms with Crippen molar-refractivity contribution in [2.45, 2.75) is 56.7 Å². The molecule has 3 aromatic carbocycles. The van der Waals surface area contributed by atoms with Crippen molar-refractivity contribution in [3.8, 4) is 5.75 Å². The molecule has 1 saturated carbocycles. The van der Waals surface area contributed by atoms with Crippen molar-refractivity contribution >= 4 is 17.6 Å². The van der Waals surface area contributed by atoms with E-state index in [1.165, 1.54) is 0 Å². The number of hydrogen-bond acceptors (Lipinski definition) is 5. The number of amides is 3. The molecule has 3 amide bonds. The SMILES string of the molecule is COc1ccc(N(Cc2ccc([C@@H]3CCCCC3C(=O)NC(CO)c3ccccc3)cc2)C(=O)N2CCC(O)C2)cc1.